The van der Waals surface area contributed by atoms with Crippen LogP contribution in [0.1, 0.15) is 41.0 Å². The number of hydrogen-bond donors (Lipinski definition) is 0. The first-order valence-electron chi connectivity index (χ1n) is 5.96. The molecule has 0 bridgehead atoms. The number of nitrogens with zero attached hydrogens (tertiary/aromatic N) is 1. The molecular weight excluding hydrogens is 230 g/mol. The molecule has 0 aromatic heterocycles. The number of allylic oxidation sites excluding steroid dienone is 1. The number of benzene rings is 1. The molecule has 0 N–H and O–H groups in total. The Bertz CT molecular complexity index is 473. The highest BCUT2D eigenvalue weighted by Gasteiger charge is 2.37. The zero-order valence-electron chi connectivity index (χ0n) is 10.4. The van der Waals surface area contributed by atoms with Crippen LogP contribution in [0.3, 0.4) is 0 Å². The minimum Gasteiger partial charge on any atom is -0.266 e. The molecule has 1 aromatic carbocycles. The lowest BCUT2D eigenvalue weighted by Gasteiger charge is -2.18. The third-order valence-corrected chi connectivity index (χ3v) is 2.81. The van der Waals surface area contributed by atoms with Crippen LogP contribution in [0.2, 0.25) is 0 Å². The predicted molar refractivity (Wildman–Crippen MR) is 66.9 cm³/mol. The molecule has 0 fully saturated rings. The van der Waals surface area contributed by atoms with Crippen molar-refractivity contribution in [2.24, 2.45) is 0 Å². The van der Waals surface area contributed by atoms with Gasteiger partial charge in [-0.05, 0) is 25.5 Å². The molecule has 0 aliphatic carbocycles. The molecule has 1 aliphatic heterocycles. The quantitative estimate of drug-likeness (QED) is 0.605. The Kier molecular flexibility index (Phi) is 3.58. The van der Waals surface area contributed by atoms with E-state index in [9.17, 15) is 9.59 Å². The average molecular weight is 245 g/mol. The van der Waals surface area contributed by atoms with Gasteiger partial charge in [-0.3, -0.25) is 14.4 Å². The van der Waals surface area contributed by atoms with E-state index in [0.717, 1.165) is 5.06 Å². The van der Waals surface area contributed by atoms with E-state index in [0.29, 0.717) is 17.5 Å². The first kappa shape index (κ1) is 12.5. The summed E-state index contributed by atoms with van der Waals surface area (Å²) in [6, 6.07) is 6.73. The normalized spacial score (nSPS) is 16.4. The predicted octanol–water partition coefficient (Wildman–Crippen LogP) is 2.57. The fourth-order valence-corrected chi connectivity index (χ4v) is 1.86. The van der Waals surface area contributed by atoms with Crippen LogP contribution >= 0.6 is 0 Å². The summed E-state index contributed by atoms with van der Waals surface area (Å²) in [7, 11) is 0. The highest BCUT2D eigenvalue weighted by atomic mass is 16.7. The summed E-state index contributed by atoms with van der Waals surface area (Å²) in [6.45, 7) is 3.80. The van der Waals surface area contributed by atoms with Crippen molar-refractivity contribution < 1.29 is 14.4 Å². The highest BCUT2D eigenvalue weighted by molar-refractivity contribution is 6.20. The number of carbonyl (C=O) groups excluding carboxylic acids is 2. The van der Waals surface area contributed by atoms with Crippen LogP contribution in [0.5, 0.6) is 0 Å². The molecule has 1 aliphatic rings. The lowest BCUT2D eigenvalue weighted by molar-refractivity contribution is -0.117. The maximum atomic E-state index is 12.0. The minimum atomic E-state index is -0.390. The zero-order valence-corrected chi connectivity index (χ0v) is 10.4. The van der Waals surface area contributed by atoms with Crippen LogP contribution < -0.4 is 0 Å². The number of amides is 2. The van der Waals surface area contributed by atoms with Crippen molar-refractivity contribution in [3.63, 3.8) is 0 Å². The topological polar surface area (TPSA) is 46.6 Å². The third kappa shape index (κ3) is 2.07. The van der Waals surface area contributed by atoms with Gasteiger partial charge < -0.3 is 0 Å². The number of hydrogen-bond acceptors (Lipinski definition) is 3. The van der Waals surface area contributed by atoms with Gasteiger partial charge in [0.05, 0.1) is 11.1 Å². The maximum Gasteiger partial charge on any atom is 0.285 e. The second-order valence-electron chi connectivity index (χ2n) is 4.03. The van der Waals surface area contributed by atoms with Gasteiger partial charge in [-0.1, -0.05) is 31.2 Å². The molecule has 0 unspecified atom stereocenters. The van der Waals surface area contributed by atoms with Gasteiger partial charge in [-0.25, -0.2) is 0 Å². The summed E-state index contributed by atoms with van der Waals surface area (Å²) in [6.07, 6.45) is 4.09. The Balaban J connectivity index is 2.23. The van der Waals surface area contributed by atoms with Crippen LogP contribution in [0, 0.1) is 0 Å². The molecule has 2 rings (SSSR count). The Morgan fingerprint density at radius 1 is 1.22 bits per heavy atom. The van der Waals surface area contributed by atoms with Gasteiger partial charge in [-0.15, -0.1) is 5.06 Å². The van der Waals surface area contributed by atoms with Gasteiger partial charge in [0.2, 0.25) is 0 Å². The largest absolute Gasteiger partial charge is 0.285 e. The number of carbonyl (C=O) groups is 2. The Hall–Kier alpha value is -1.94. The van der Waals surface area contributed by atoms with Crippen molar-refractivity contribution in [3.05, 3.63) is 47.5 Å². The number of rotatable bonds is 4. The summed E-state index contributed by atoms with van der Waals surface area (Å²) in [5.41, 5.74) is 0.802. The molecule has 4 nitrogen and oxygen atoms in total. The zero-order chi connectivity index (χ0) is 13.1. The van der Waals surface area contributed by atoms with E-state index in [-0.39, 0.29) is 6.10 Å². The molecule has 0 spiro atoms. The van der Waals surface area contributed by atoms with E-state index < -0.39 is 11.8 Å². The van der Waals surface area contributed by atoms with E-state index >= 15 is 0 Å². The first-order chi connectivity index (χ1) is 8.69. The Labute approximate surface area is 106 Å². The molecule has 1 heterocycles. The van der Waals surface area contributed by atoms with Crippen molar-refractivity contribution in [1.82, 2.24) is 5.06 Å². The van der Waals surface area contributed by atoms with Crippen LogP contribution in [0.25, 0.3) is 0 Å². The van der Waals surface area contributed by atoms with Gasteiger partial charge >= 0.3 is 0 Å². The second-order valence-corrected chi connectivity index (χ2v) is 4.03. The maximum absolute atomic E-state index is 12.0. The number of imide groups is 1. The third-order valence-electron chi connectivity index (χ3n) is 2.81. The smallest absolute Gasteiger partial charge is 0.266 e. The van der Waals surface area contributed by atoms with E-state index in [1.54, 1.807) is 24.3 Å². The molecule has 1 atom stereocenters. The Morgan fingerprint density at radius 3 is 2.22 bits per heavy atom. The molecule has 0 saturated carbocycles. The molecule has 94 valence electrons. The van der Waals surface area contributed by atoms with Gasteiger partial charge in [-0.2, -0.15) is 0 Å². The standard InChI is InChI=1S/C14H15NO3/c1-3-7-10(4-2)18-15-13(16)11-8-5-6-9-12(11)14(15)17/h3,5-10H,4H2,1-2H3/t10-/m1/s1. The molecule has 18 heavy (non-hydrogen) atoms. The van der Waals surface area contributed by atoms with Crippen molar-refractivity contribution in [1.29, 1.82) is 0 Å². The SMILES string of the molecule is CC=C[C@@H](CC)ON1C(=O)c2ccccc2C1=O. The number of hydroxylamine groups is 2. The molecule has 2 amide bonds. The fourth-order valence-electron chi connectivity index (χ4n) is 1.86. The van der Waals surface area contributed by atoms with Gasteiger partial charge in [0.1, 0.15) is 6.10 Å². The van der Waals surface area contributed by atoms with E-state index in [1.807, 2.05) is 26.0 Å². The van der Waals surface area contributed by atoms with Crippen molar-refractivity contribution in [2.45, 2.75) is 26.4 Å². The van der Waals surface area contributed by atoms with Gasteiger partial charge in [0, 0.05) is 0 Å². The Morgan fingerprint density at radius 2 is 1.78 bits per heavy atom. The van der Waals surface area contributed by atoms with E-state index in [4.69, 9.17) is 4.84 Å². The van der Waals surface area contributed by atoms with E-state index in [1.165, 1.54) is 0 Å². The number of fused-ring (bicyclic) bond motifs is 1. The summed E-state index contributed by atoms with van der Waals surface area (Å²) < 4.78 is 0. The van der Waals surface area contributed by atoms with Crippen molar-refractivity contribution >= 4 is 11.8 Å². The summed E-state index contributed by atoms with van der Waals surface area (Å²) in [5.74, 6) is -0.780. The van der Waals surface area contributed by atoms with Crippen molar-refractivity contribution in [2.75, 3.05) is 0 Å². The monoisotopic (exact) mass is 245 g/mol. The van der Waals surface area contributed by atoms with Crippen LogP contribution in [0.15, 0.2) is 36.4 Å². The van der Waals surface area contributed by atoms with Crippen LogP contribution in [-0.4, -0.2) is 23.0 Å². The average Bonchev–Trinajstić information content (AvgIpc) is 2.64. The first-order valence-corrected chi connectivity index (χ1v) is 5.96. The van der Waals surface area contributed by atoms with E-state index in [2.05, 4.69) is 0 Å². The highest BCUT2D eigenvalue weighted by Crippen LogP contribution is 2.23. The fraction of sp³-hybridized carbons (Fsp3) is 0.286. The summed E-state index contributed by atoms with van der Waals surface area (Å²) in [4.78, 5) is 29.5. The van der Waals surface area contributed by atoms with Crippen LogP contribution in [-0.2, 0) is 4.84 Å². The molecule has 4 heteroatoms. The van der Waals surface area contributed by atoms with Crippen LogP contribution in [0.4, 0.5) is 0 Å². The second kappa shape index (κ2) is 5.14. The molecule has 0 radical (unpaired) electrons. The molecular formula is C14H15NO3. The summed E-state index contributed by atoms with van der Waals surface area (Å²) >= 11 is 0. The minimum absolute atomic E-state index is 0.266. The van der Waals surface area contributed by atoms with Gasteiger partial charge in [0.25, 0.3) is 11.8 Å². The molecule has 0 saturated heterocycles. The van der Waals surface area contributed by atoms with Gasteiger partial charge in [0.15, 0.2) is 0 Å². The molecule has 1 aromatic rings. The van der Waals surface area contributed by atoms with Crippen molar-refractivity contribution in [3.8, 4) is 0 Å². The summed E-state index contributed by atoms with van der Waals surface area (Å²) in [5, 5.41) is 0.860. The lowest BCUT2D eigenvalue weighted by atomic mass is 10.1. The lowest BCUT2D eigenvalue weighted by Crippen LogP contribution is -2.33.